The lowest BCUT2D eigenvalue weighted by Gasteiger charge is -2.39. The van der Waals surface area contributed by atoms with Gasteiger partial charge in [0.15, 0.2) is 11.5 Å². The van der Waals surface area contributed by atoms with Crippen LogP contribution in [0.1, 0.15) is 35.7 Å². The number of anilines is 3. The standard InChI is InChI=1S/C30H29FN4O2/c1-19-10-12-34(13-11-19)24-18-25(35-16-14-33(15-17-35)21-8-6-20(31)7-9-21)28-27-26(24)29(36)22-4-2-3-5-23(22)30(27)37-32-28/h2-9,18-19H,10-17H2,1H3. The van der Waals surface area contributed by atoms with Gasteiger partial charge in [-0.25, -0.2) is 4.39 Å². The lowest BCUT2D eigenvalue weighted by Crippen LogP contribution is -2.46. The van der Waals surface area contributed by atoms with Crippen molar-refractivity contribution in [3.8, 4) is 11.3 Å². The molecular formula is C30H29FN4O2. The summed E-state index contributed by atoms with van der Waals surface area (Å²) >= 11 is 0. The quantitative estimate of drug-likeness (QED) is 0.318. The van der Waals surface area contributed by atoms with Crippen LogP contribution in [-0.2, 0) is 0 Å². The topological polar surface area (TPSA) is 52.8 Å². The predicted molar refractivity (Wildman–Crippen MR) is 144 cm³/mol. The van der Waals surface area contributed by atoms with E-state index < -0.39 is 0 Å². The molecule has 4 aromatic rings. The number of benzene rings is 3. The van der Waals surface area contributed by atoms with E-state index in [4.69, 9.17) is 4.52 Å². The van der Waals surface area contributed by atoms with E-state index in [0.29, 0.717) is 17.2 Å². The molecule has 7 heteroatoms. The van der Waals surface area contributed by atoms with Crippen LogP contribution < -0.4 is 14.7 Å². The maximum atomic E-state index is 13.9. The van der Waals surface area contributed by atoms with Gasteiger partial charge < -0.3 is 19.2 Å². The van der Waals surface area contributed by atoms with Crippen LogP contribution in [0.3, 0.4) is 0 Å². The Balaban J connectivity index is 1.32. The van der Waals surface area contributed by atoms with Crippen molar-refractivity contribution < 1.29 is 13.7 Å². The molecule has 0 unspecified atom stereocenters. The highest BCUT2D eigenvalue weighted by Gasteiger charge is 2.35. The van der Waals surface area contributed by atoms with Crippen LogP contribution in [0.2, 0.25) is 0 Å². The Kier molecular flexibility index (Phi) is 5.20. The monoisotopic (exact) mass is 496 g/mol. The zero-order valence-corrected chi connectivity index (χ0v) is 20.9. The molecule has 0 bridgehead atoms. The van der Waals surface area contributed by atoms with Crippen molar-refractivity contribution in [2.45, 2.75) is 19.8 Å². The van der Waals surface area contributed by atoms with Crippen LogP contribution in [0.5, 0.6) is 0 Å². The van der Waals surface area contributed by atoms with Gasteiger partial charge in [-0.3, -0.25) is 4.79 Å². The highest BCUT2D eigenvalue weighted by Crippen LogP contribution is 2.47. The van der Waals surface area contributed by atoms with Gasteiger partial charge in [0.05, 0.1) is 22.3 Å². The molecule has 0 amide bonds. The van der Waals surface area contributed by atoms with Crippen LogP contribution in [0.15, 0.2) is 59.1 Å². The molecule has 1 aliphatic carbocycles. The Morgan fingerprint density at radius 2 is 1.49 bits per heavy atom. The number of piperazine rings is 1. The van der Waals surface area contributed by atoms with Crippen molar-refractivity contribution in [3.63, 3.8) is 0 Å². The first-order chi connectivity index (χ1) is 18.1. The summed E-state index contributed by atoms with van der Waals surface area (Å²) in [6, 6.07) is 16.6. The first-order valence-corrected chi connectivity index (χ1v) is 13.2. The highest BCUT2D eigenvalue weighted by molar-refractivity contribution is 6.28. The maximum Gasteiger partial charge on any atom is 0.196 e. The van der Waals surface area contributed by atoms with Crippen molar-refractivity contribution in [1.29, 1.82) is 0 Å². The fraction of sp³-hybridized carbons (Fsp3) is 0.333. The van der Waals surface area contributed by atoms with Gasteiger partial charge in [0.2, 0.25) is 0 Å². The zero-order valence-electron chi connectivity index (χ0n) is 20.9. The second-order valence-electron chi connectivity index (χ2n) is 10.5. The Morgan fingerprint density at radius 3 is 2.22 bits per heavy atom. The molecule has 37 heavy (non-hydrogen) atoms. The first-order valence-electron chi connectivity index (χ1n) is 13.2. The van der Waals surface area contributed by atoms with E-state index in [1.54, 1.807) is 0 Å². The lowest BCUT2D eigenvalue weighted by atomic mass is 9.85. The maximum absolute atomic E-state index is 13.9. The van der Waals surface area contributed by atoms with Crippen molar-refractivity contribution in [2.75, 3.05) is 54.0 Å². The van der Waals surface area contributed by atoms with E-state index in [9.17, 15) is 9.18 Å². The Labute approximate surface area is 215 Å². The van der Waals surface area contributed by atoms with Crippen molar-refractivity contribution in [3.05, 3.63) is 71.5 Å². The predicted octanol–water partition coefficient (Wildman–Crippen LogP) is 5.74. The SMILES string of the molecule is CC1CCN(c2cc(N3CCN(c4ccc(F)cc4)CC3)c3noc4c3c2C(=O)c2ccccc2-4)CC1. The van der Waals surface area contributed by atoms with Crippen molar-refractivity contribution in [2.24, 2.45) is 5.92 Å². The second-order valence-corrected chi connectivity index (χ2v) is 10.5. The fourth-order valence-corrected chi connectivity index (χ4v) is 6.12. The summed E-state index contributed by atoms with van der Waals surface area (Å²) in [6.07, 6.45) is 2.23. The molecule has 7 rings (SSSR count). The highest BCUT2D eigenvalue weighted by atomic mass is 19.1. The van der Waals surface area contributed by atoms with Crippen molar-refractivity contribution >= 4 is 33.7 Å². The molecule has 0 spiro atoms. The van der Waals surface area contributed by atoms with Gasteiger partial charge in [0.1, 0.15) is 11.3 Å². The van der Waals surface area contributed by atoms with Crippen molar-refractivity contribution in [1.82, 2.24) is 5.16 Å². The van der Waals surface area contributed by atoms with Crippen LogP contribution in [-0.4, -0.2) is 50.2 Å². The minimum absolute atomic E-state index is 0.0533. The zero-order chi connectivity index (χ0) is 25.1. The number of halogens is 1. The summed E-state index contributed by atoms with van der Waals surface area (Å²) in [4.78, 5) is 20.9. The molecule has 3 aromatic carbocycles. The molecule has 0 atom stereocenters. The molecule has 2 aliphatic heterocycles. The van der Waals surface area contributed by atoms with E-state index in [1.165, 1.54) is 12.1 Å². The average molecular weight is 497 g/mol. The molecule has 0 N–H and O–H groups in total. The number of piperidine rings is 1. The summed E-state index contributed by atoms with van der Waals surface area (Å²) < 4.78 is 19.4. The number of rotatable bonds is 3. The van der Waals surface area contributed by atoms with Gasteiger partial charge in [0, 0.05) is 56.1 Å². The smallest absolute Gasteiger partial charge is 0.196 e. The van der Waals surface area contributed by atoms with Gasteiger partial charge in [-0.1, -0.05) is 36.3 Å². The number of carbonyl (C=O) groups is 1. The minimum atomic E-state index is -0.219. The number of hydrogen-bond donors (Lipinski definition) is 0. The average Bonchev–Trinajstić information content (AvgIpc) is 3.38. The second kappa shape index (κ2) is 8.61. The molecule has 2 saturated heterocycles. The van der Waals surface area contributed by atoms with Crippen LogP contribution >= 0.6 is 0 Å². The van der Waals surface area contributed by atoms with E-state index in [2.05, 4.69) is 32.8 Å². The Morgan fingerprint density at radius 1 is 0.838 bits per heavy atom. The molecule has 6 nitrogen and oxygen atoms in total. The molecule has 1 aromatic heterocycles. The number of carbonyl (C=O) groups excluding carboxylic acids is 1. The van der Waals surface area contributed by atoms with E-state index in [0.717, 1.165) is 91.2 Å². The summed E-state index contributed by atoms with van der Waals surface area (Å²) in [6.45, 7) is 7.41. The van der Waals surface area contributed by atoms with Crippen LogP contribution in [0, 0.1) is 11.7 Å². The molecule has 188 valence electrons. The third kappa shape index (κ3) is 3.59. The number of nitrogens with zero attached hydrogens (tertiary/aromatic N) is 4. The Hall–Kier alpha value is -3.87. The van der Waals surface area contributed by atoms with Crippen LogP contribution in [0.4, 0.5) is 21.5 Å². The van der Waals surface area contributed by atoms with E-state index >= 15 is 0 Å². The summed E-state index contributed by atoms with van der Waals surface area (Å²) in [5.41, 5.74) is 6.04. The lowest BCUT2D eigenvalue weighted by molar-refractivity contribution is 0.104. The Bertz CT molecular complexity index is 1500. The van der Waals surface area contributed by atoms with E-state index in [-0.39, 0.29) is 11.6 Å². The van der Waals surface area contributed by atoms with Gasteiger partial charge in [0.25, 0.3) is 0 Å². The number of hydrogen-bond acceptors (Lipinski definition) is 6. The molecule has 3 aliphatic rings. The van der Waals surface area contributed by atoms with Crippen LogP contribution in [0.25, 0.3) is 22.2 Å². The van der Waals surface area contributed by atoms with E-state index in [1.807, 2.05) is 36.4 Å². The van der Waals surface area contributed by atoms with Gasteiger partial charge in [-0.05, 0) is 49.1 Å². The first kappa shape index (κ1) is 22.3. The third-order valence-electron chi connectivity index (χ3n) is 8.29. The summed E-state index contributed by atoms with van der Waals surface area (Å²) in [5.74, 6) is 1.22. The fourth-order valence-electron chi connectivity index (χ4n) is 6.12. The molecule has 2 fully saturated rings. The van der Waals surface area contributed by atoms with Gasteiger partial charge in [-0.15, -0.1) is 0 Å². The normalized spacial score (nSPS) is 18.0. The summed E-state index contributed by atoms with van der Waals surface area (Å²) in [5, 5.41) is 5.38. The van der Waals surface area contributed by atoms with Gasteiger partial charge >= 0.3 is 0 Å². The largest absolute Gasteiger partial charge is 0.371 e. The number of fused-ring (bicyclic) bond motifs is 2. The third-order valence-corrected chi connectivity index (χ3v) is 8.29. The summed E-state index contributed by atoms with van der Waals surface area (Å²) in [7, 11) is 0. The number of aromatic nitrogens is 1. The molecule has 0 radical (unpaired) electrons. The molecule has 0 saturated carbocycles. The molecular weight excluding hydrogens is 467 g/mol. The van der Waals surface area contributed by atoms with Gasteiger partial charge in [-0.2, -0.15) is 0 Å². The number of ketones is 1. The minimum Gasteiger partial charge on any atom is -0.371 e. The molecule has 3 heterocycles.